The van der Waals surface area contributed by atoms with Crippen molar-refractivity contribution in [1.29, 1.82) is 5.26 Å². The Hall–Kier alpha value is -1.77. The molecular weight excluding hydrogens is 361 g/mol. The largest absolute Gasteiger partial charge is 0.341 e. The maximum Gasteiger partial charge on any atom is 0.254 e. The van der Waals surface area contributed by atoms with Crippen LogP contribution in [-0.4, -0.2) is 47.3 Å². The van der Waals surface area contributed by atoms with Crippen LogP contribution in [0, 0.1) is 17.2 Å². The lowest BCUT2D eigenvalue weighted by Gasteiger charge is -2.34. The minimum absolute atomic E-state index is 0.0182. The molecule has 2 heterocycles. The van der Waals surface area contributed by atoms with Crippen molar-refractivity contribution in [1.82, 2.24) is 9.80 Å². The summed E-state index contributed by atoms with van der Waals surface area (Å²) in [6.07, 6.45) is 2.86. The minimum atomic E-state index is -0.441. The van der Waals surface area contributed by atoms with Crippen LogP contribution in [0.15, 0.2) is 18.2 Å². The molecule has 0 radical (unpaired) electrons. The van der Waals surface area contributed by atoms with Crippen LogP contribution in [0.1, 0.15) is 36.0 Å². The average molecular weight is 380 g/mol. The van der Waals surface area contributed by atoms with Crippen molar-refractivity contribution in [3.63, 3.8) is 0 Å². The smallest absolute Gasteiger partial charge is 0.254 e. The highest BCUT2D eigenvalue weighted by Crippen LogP contribution is 2.26. The number of nitrogens with zero attached hydrogens (tertiary/aromatic N) is 3. The standard InChI is InChI=1S/C18H19Cl2N3O2/c19-14-8-13(9-15(20)10-14)17(24)23-5-1-2-16(23)18(25)22-6-3-12(11-21)4-7-22/h8-10,12,16H,1-7H2. The molecule has 132 valence electrons. The first kappa shape index (κ1) is 18.0. The number of carbonyl (C=O) groups is 2. The first-order valence-corrected chi connectivity index (χ1v) is 9.20. The van der Waals surface area contributed by atoms with Crippen molar-refractivity contribution >= 4 is 35.0 Å². The van der Waals surface area contributed by atoms with Gasteiger partial charge in [-0.2, -0.15) is 5.26 Å². The molecule has 2 amide bonds. The van der Waals surface area contributed by atoms with Crippen molar-refractivity contribution in [2.75, 3.05) is 19.6 Å². The third-order valence-corrected chi connectivity index (χ3v) is 5.33. The normalized spacial score (nSPS) is 21.2. The Kier molecular flexibility index (Phi) is 5.51. The van der Waals surface area contributed by atoms with E-state index >= 15 is 0 Å². The molecule has 0 saturated carbocycles. The Bertz CT molecular complexity index is 703. The summed E-state index contributed by atoms with van der Waals surface area (Å²) in [6, 6.07) is 6.55. The Morgan fingerprint density at radius 2 is 1.68 bits per heavy atom. The Morgan fingerprint density at radius 1 is 1.04 bits per heavy atom. The molecule has 0 aliphatic carbocycles. The molecule has 1 aromatic carbocycles. The van der Waals surface area contributed by atoms with Gasteiger partial charge in [0.05, 0.1) is 6.07 Å². The average Bonchev–Trinajstić information content (AvgIpc) is 3.09. The molecule has 25 heavy (non-hydrogen) atoms. The molecule has 1 unspecified atom stereocenters. The summed E-state index contributed by atoms with van der Waals surface area (Å²) in [4.78, 5) is 29.1. The highest BCUT2D eigenvalue weighted by molar-refractivity contribution is 6.35. The number of halogens is 2. The van der Waals surface area contributed by atoms with E-state index in [-0.39, 0.29) is 17.7 Å². The van der Waals surface area contributed by atoms with Gasteiger partial charge in [-0.25, -0.2) is 0 Å². The Labute approximate surface area is 157 Å². The number of benzene rings is 1. The Balaban J connectivity index is 1.73. The molecule has 0 aromatic heterocycles. The summed E-state index contributed by atoms with van der Waals surface area (Å²) >= 11 is 12.0. The van der Waals surface area contributed by atoms with E-state index in [9.17, 15) is 9.59 Å². The lowest BCUT2D eigenvalue weighted by Crippen LogP contribution is -2.50. The predicted octanol–water partition coefficient (Wildman–Crippen LogP) is 3.36. The first-order chi connectivity index (χ1) is 12.0. The van der Waals surface area contributed by atoms with Gasteiger partial charge in [0.2, 0.25) is 5.91 Å². The first-order valence-electron chi connectivity index (χ1n) is 8.45. The van der Waals surface area contributed by atoms with E-state index in [2.05, 4.69) is 6.07 Å². The number of hydrogen-bond acceptors (Lipinski definition) is 3. The van der Waals surface area contributed by atoms with Crippen LogP contribution in [0.5, 0.6) is 0 Å². The fraction of sp³-hybridized carbons (Fsp3) is 0.500. The van der Waals surface area contributed by atoms with Gasteiger partial charge in [-0.3, -0.25) is 9.59 Å². The van der Waals surface area contributed by atoms with Crippen molar-refractivity contribution in [2.24, 2.45) is 5.92 Å². The zero-order valence-corrected chi connectivity index (χ0v) is 15.3. The summed E-state index contributed by atoms with van der Waals surface area (Å²) in [5.41, 5.74) is 0.403. The summed E-state index contributed by atoms with van der Waals surface area (Å²) in [5, 5.41) is 9.78. The fourth-order valence-electron chi connectivity index (χ4n) is 3.55. The van der Waals surface area contributed by atoms with Gasteiger partial charge in [0.15, 0.2) is 0 Å². The van der Waals surface area contributed by atoms with Crippen LogP contribution >= 0.6 is 23.2 Å². The lowest BCUT2D eigenvalue weighted by molar-refractivity contribution is -0.136. The quantitative estimate of drug-likeness (QED) is 0.790. The number of carbonyl (C=O) groups excluding carboxylic acids is 2. The van der Waals surface area contributed by atoms with Crippen molar-refractivity contribution in [2.45, 2.75) is 31.7 Å². The van der Waals surface area contributed by atoms with Crippen molar-refractivity contribution in [3.8, 4) is 6.07 Å². The van der Waals surface area contributed by atoms with E-state index in [0.29, 0.717) is 54.5 Å². The molecule has 2 aliphatic rings. The van der Waals surface area contributed by atoms with E-state index in [0.717, 1.165) is 6.42 Å². The van der Waals surface area contributed by atoms with Gasteiger partial charge >= 0.3 is 0 Å². The minimum Gasteiger partial charge on any atom is -0.341 e. The van der Waals surface area contributed by atoms with E-state index in [1.807, 2.05) is 0 Å². The molecule has 0 bridgehead atoms. The highest BCUT2D eigenvalue weighted by Gasteiger charge is 2.38. The monoisotopic (exact) mass is 379 g/mol. The third kappa shape index (κ3) is 3.91. The van der Waals surface area contributed by atoms with Crippen LogP contribution in [0.3, 0.4) is 0 Å². The highest BCUT2D eigenvalue weighted by atomic mass is 35.5. The number of likely N-dealkylation sites (tertiary alicyclic amines) is 2. The van der Waals surface area contributed by atoms with Crippen LogP contribution < -0.4 is 0 Å². The topological polar surface area (TPSA) is 64.4 Å². The van der Waals surface area contributed by atoms with Crippen LogP contribution in [0.4, 0.5) is 0 Å². The van der Waals surface area contributed by atoms with Gasteiger partial charge in [-0.05, 0) is 43.9 Å². The van der Waals surface area contributed by atoms with E-state index in [1.54, 1.807) is 28.0 Å². The summed E-state index contributed by atoms with van der Waals surface area (Å²) in [5.74, 6) is -0.207. The second-order valence-corrected chi connectivity index (χ2v) is 7.42. The number of nitriles is 1. The number of hydrogen-bond donors (Lipinski definition) is 0. The molecule has 7 heteroatoms. The third-order valence-electron chi connectivity index (χ3n) is 4.90. The molecular formula is C18H19Cl2N3O2. The molecule has 1 atom stereocenters. The SMILES string of the molecule is N#CC1CCN(C(=O)C2CCCN2C(=O)c2cc(Cl)cc(Cl)c2)CC1. The number of piperidine rings is 1. The van der Waals surface area contributed by atoms with Crippen LogP contribution in [-0.2, 0) is 4.79 Å². The van der Waals surface area contributed by atoms with Crippen molar-refractivity contribution in [3.05, 3.63) is 33.8 Å². The van der Waals surface area contributed by atoms with Gasteiger partial charge in [-0.1, -0.05) is 23.2 Å². The maximum absolute atomic E-state index is 12.9. The molecule has 2 saturated heterocycles. The van der Waals surface area contributed by atoms with E-state index < -0.39 is 6.04 Å². The van der Waals surface area contributed by atoms with Crippen LogP contribution in [0.25, 0.3) is 0 Å². The zero-order chi connectivity index (χ0) is 18.0. The second kappa shape index (κ2) is 7.63. The summed E-state index contributed by atoms with van der Waals surface area (Å²) < 4.78 is 0. The van der Waals surface area contributed by atoms with Gasteiger partial charge in [-0.15, -0.1) is 0 Å². The lowest BCUT2D eigenvalue weighted by atomic mass is 9.98. The fourth-order valence-corrected chi connectivity index (χ4v) is 4.08. The predicted molar refractivity (Wildman–Crippen MR) is 95.4 cm³/mol. The molecule has 5 nitrogen and oxygen atoms in total. The maximum atomic E-state index is 12.9. The molecule has 0 spiro atoms. The van der Waals surface area contributed by atoms with Crippen LogP contribution in [0.2, 0.25) is 10.0 Å². The second-order valence-electron chi connectivity index (χ2n) is 6.54. The molecule has 3 rings (SSSR count). The van der Waals surface area contributed by atoms with Crippen molar-refractivity contribution < 1.29 is 9.59 Å². The van der Waals surface area contributed by atoms with Gasteiger partial charge in [0.1, 0.15) is 6.04 Å². The zero-order valence-electron chi connectivity index (χ0n) is 13.8. The number of rotatable bonds is 2. The van der Waals surface area contributed by atoms with E-state index in [1.165, 1.54) is 0 Å². The molecule has 1 aromatic rings. The van der Waals surface area contributed by atoms with Gasteiger partial charge < -0.3 is 9.80 Å². The Morgan fingerprint density at radius 3 is 2.28 bits per heavy atom. The molecule has 0 N–H and O–H groups in total. The van der Waals surface area contributed by atoms with Gasteiger partial charge in [0, 0.05) is 41.2 Å². The molecule has 2 fully saturated rings. The molecule has 2 aliphatic heterocycles. The van der Waals surface area contributed by atoms with E-state index in [4.69, 9.17) is 28.5 Å². The summed E-state index contributed by atoms with van der Waals surface area (Å²) in [7, 11) is 0. The summed E-state index contributed by atoms with van der Waals surface area (Å²) in [6.45, 7) is 1.71. The number of amides is 2. The van der Waals surface area contributed by atoms with Gasteiger partial charge in [0.25, 0.3) is 5.91 Å².